The van der Waals surface area contributed by atoms with E-state index in [0.29, 0.717) is 40.5 Å². The summed E-state index contributed by atoms with van der Waals surface area (Å²) in [6.45, 7) is 3.93. The van der Waals surface area contributed by atoms with Crippen molar-refractivity contribution in [1.29, 1.82) is 0 Å². The van der Waals surface area contributed by atoms with Gasteiger partial charge in [-0.05, 0) is 22.9 Å². The summed E-state index contributed by atoms with van der Waals surface area (Å²) in [6.07, 6.45) is 1.81. The Labute approximate surface area is 122 Å². The molecule has 0 aliphatic carbocycles. The number of rotatable bonds is 5. The van der Waals surface area contributed by atoms with Gasteiger partial charge in [0.1, 0.15) is 12.0 Å². The molecule has 0 fully saturated rings. The zero-order chi connectivity index (χ0) is 14.7. The Bertz CT molecular complexity index is 643. The molecule has 0 spiro atoms. The number of hydrogen-bond acceptors (Lipinski definition) is 7. The van der Waals surface area contributed by atoms with Gasteiger partial charge in [0.05, 0.1) is 9.40 Å². The minimum atomic E-state index is -0.459. The number of anilines is 1. The van der Waals surface area contributed by atoms with E-state index in [1.165, 1.54) is 6.20 Å². The first-order valence-corrected chi connectivity index (χ1v) is 6.61. The average molecular weight is 342 g/mol. The van der Waals surface area contributed by atoms with Crippen LogP contribution in [0, 0.1) is 24.0 Å². The number of nitro groups is 1. The van der Waals surface area contributed by atoms with E-state index in [2.05, 4.69) is 36.4 Å². The van der Waals surface area contributed by atoms with Crippen molar-refractivity contribution in [3.05, 3.63) is 38.1 Å². The molecule has 0 unspecified atom stereocenters. The second-order valence-electron chi connectivity index (χ2n) is 4.09. The van der Waals surface area contributed by atoms with E-state index in [0.717, 1.165) is 0 Å². The van der Waals surface area contributed by atoms with Crippen LogP contribution in [0.25, 0.3) is 0 Å². The SMILES string of the molecule is Cc1nc(CCNc2ncc([N+](=O)[O-])c(C)c2Br)no1. The first-order valence-electron chi connectivity index (χ1n) is 5.81. The third-order valence-electron chi connectivity index (χ3n) is 2.64. The summed E-state index contributed by atoms with van der Waals surface area (Å²) in [5, 5.41) is 17.6. The van der Waals surface area contributed by atoms with Crippen LogP contribution in [-0.4, -0.2) is 26.6 Å². The Morgan fingerprint density at radius 1 is 1.50 bits per heavy atom. The third-order valence-corrected chi connectivity index (χ3v) is 3.61. The molecule has 0 aromatic carbocycles. The summed E-state index contributed by atoms with van der Waals surface area (Å²) in [7, 11) is 0. The lowest BCUT2D eigenvalue weighted by Gasteiger charge is -2.08. The third kappa shape index (κ3) is 3.10. The minimum Gasteiger partial charge on any atom is -0.369 e. The summed E-state index contributed by atoms with van der Waals surface area (Å²) in [5.74, 6) is 1.67. The van der Waals surface area contributed by atoms with Gasteiger partial charge in [-0.3, -0.25) is 10.1 Å². The highest BCUT2D eigenvalue weighted by Crippen LogP contribution is 2.30. The van der Waals surface area contributed by atoms with Gasteiger partial charge < -0.3 is 9.84 Å². The summed E-state index contributed by atoms with van der Waals surface area (Å²) in [6, 6.07) is 0. The van der Waals surface area contributed by atoms with Crippen LogP contribution in [0.5, 0.6) is 0 Å². The lowest BCUT2D eigenvalue weighted by atomic mass is 10.2. The summed E-state index contributed by atoms with van der Waals surface area (Å²) in [5.41, 5.74) is 0.513. The molecule has 0 saturated carbocycles. The summed E-state index contributed by atoms with van der Waals surface area (Å²) in [4.78, 5) is 18.4. The van der Waals surface area contributed by atoms with Crippen LogP contribution in [0.4, 0.5) is 11.5 Å². The molecule has 0 aliphatic heterocycles. The molecule has 0 atom stereocenters. The second kappa shape index (κ2) is 5.95. The maximum atomic E-state index is 10.8. The van der Waals surface area contributed by atoms with Crippen LogP contribution < -0.4 is 5.32 Å². The van der Waals surface area contributed by atoms with Crippen molar-refractivity contribution in [2.45, 2.75) is 20.3 Å². The molecule has 0 aliphatic rings. The van der Waals surface area contributed by atoms with Crippen LogP contribution in [0.3, 0.4) is 0 Å². The van der Waals surface area contributed by atoms with Crippen molar-refractivity contribution in [3.8, 4) is 0 Å². The molecule has 2 heterocycles. The molecule has 2 aromatic rings. The van der Waals surface area contributed by atoms with Crippen LogP contribution in [-0.2, 0) is 6.42 Å². The van der Waals surface area contributed by atoms with Crippen molar-refractivity contribution >= 4 is 27.4 Å². The van der Waals surface area contributed by atoms with Crippen LogP contribution in [0.15, 0.2) is 15.2 Å². The predicted molar refractivity (Wildman–Crippen MR) is 74.6 cm³/mol. The Balaban J connectivity index is 2.03. The number of pyridine rings is 1. The Morgan fingerprint density at radius 3 is 2.85 bits per heavy atom. The number of aromatic nitrogens is 3. The molecule has 106 valence electrons. The van der Waals surface area contributed by atoms with E-state index in [1.54, 1.807) is 13.8 Å². The molecule has 8 nitrogen and oxygen atoms in total. The van der Waals surface area contributed by atoms with Gasteiger partial charge in [0.15, 0.2) is 5.82 Å². The van der Waals surface area contributed by atoms with Gasteiger partial charge in [-0.15, -0.1) is 0 Å². The highest BCUT2D eigenvalue weighted by atomic mass is 79.9. The van der Waals surface area contributed by atoms with Gasteiger partial charge in [0.2, 0.25) is 5.89 Å². The average Bonchev–Trinajstić information content (AvgIpc) is 2.80. The zero-order valence-electron chi connectivity index (χ0n) is 10.9. The van der Waals surface area contributed by atoms with E-state index >= 15 is 0 Å². The van der Waals surface area contributed by atoms with Crippen LogP contribution in [0.2, 0.25) is 0 Å². The topological polar surface area (TPSA) is 107 Å². The van der Waals surface area contributed by atoms with E-state index in [-0.39, 0.29) is 5.69 Å². The van der Waals surface area contributed by atoms with Gasteiger partial charge in [-0.1, -0.05) is 5.16 Å². The van der Waals surface area contributed by atoms with E-state index < -0.39 is 4.92 Å². The van der Waals surface area contributed by atoms with Crippen molar-refractivity contribution in [2.24, 2.45) is 0 Å². The number of aryl methyl sites for hydroxylation is 1. The molecule has 0 bridgehead atoms. The fourth-order valence-corrected chi connectivity index (χ4v) is 2.06. The van der Waals surface area contributed by atoms with E-state index in [4.69, 9.17) is 4.52 Å². The van der Waals surface area contributed by atoms with E-state index in [9.17, 15) is 10.1 Å². The molecule has 2 aromatic heterocycles. The molecule has 0 amide bonds. The summed E-state index contributed by atoms with van der Waals surface area (Å²) >= 11 is 3.31. The fraction of sp³-hybridized carbons (Fsp3) is 0.364. The fourth-order valence-electron chi connectivity index (χ4n) is 1.61. The molecular formula is C11H12BrN5O3. The largest absolute Gasteiger partial charge is 0.369 e. The Kier molecular flexibility index (Phi) is 4.28. The van der Waals surface area contributed by atoms with Crippen LogP contribution in [0.1, 0.15) is 17.3 Å². The number of nitrogens with one attached hydrogen (secondary N) is 1. The normalized spacial score (nSPS) is 10.6. The predicted octanol–water partition coefficient (Wildman–Crippen LogP) is 2.41. The van der Waals surface area contributed by atoms with Crippen molar-refractivity contribution in [2.75, 3.05) is 11.9 Å². The summed E-state index contributed by atoms with van der Waals surface area (Å²) < 4.78 is 5.44. The molecule has 1 N–H and O–H groups in total. The Hall–Kier alpha value is -2.03. The minimum absolute atomic E-state index is 0.0174. The van der Waals surface area contributed by atoms with Gasteiger partial charge >= 0.3 is 0 Å². The lowest BCUT2D eigenvalue weighted by Crippen LogP contribution is -2.09. The molecule has 9 heteroatoms. The van der Waals surface area contributed by atoms with Crippen molar-refractivity contribution < 1.29 is 9.45 Å². The standard InChI is InChI=1S/C11H12BrN5O3/c1-6-8(17(18)19)5-14-11(10(6)12)13-4-3-9-15-7(2)20-16-9/h5H,3-4H2,1-2H3,(H,13,14). The second-order valence-corrected chi connectivity index (χ2v) is 4.89. The Morgan fingerprint density at radius 2 is 2.25 bits per heavy atom. The smallest absolute Gasteiger partial charge is 0.291 e. The molecule has 0 saturated heterocycles. The van der Waals surface area contributed by atoms with Crippen molar-refractivity contribution in [1.82, 2.24) is 15.1 Å². The van der Waals surface area contributed by atoms with Gasteiger partial charge in [-0.25, -0.2) is 4.98 Å². The first-order chi connectivity index (χ1) is 9.49. The number of halogens is 1. The highest BCUT2D eigenvalue weighted by Gasteiger charge is 2.16. The number of nitrogens with zero attached hydrogens (tertiary/aromatic N) is 4. The maximum Gasteiger partial charge on any atom is 0.291 e. The monoisotopic (exact) mass is 341 g/mol. The first kappa shape index (κ1) is 14.4. The maximum absolute atomic E-state index is 10.8. The van der Waals surface area contributed by atoms with Crippen LogP contribution >= 0.6 is 15.9 Å². The van der Waals surface area contributed by atoms with Crippen molar-refractivity contribution in [3.63, 3.8) is 0 Å². The zero-order valence-corrected chi connectivity index (χ0v) is 12.5. The highest BCUT2D eigenvalue weighted by molar-refractivity contribution is 9.10. The van der Waals surface area contributed by atoms with Gasteiger partial charge in [-0.2, -0.15) is 4.98 Å². The quantitative estimate of drug-likeness (QED) is 0.657. The molecule has 2 rings (SSSR count). The number of hydrogen-bond donors (Lipinski definition) is 1. The molecule has 20 heavy (non-hydrogen) atoms. The lowest BCUT2D eigenvalue weighted by molar-refractivity contribution is -0.385. The van der Waals surface area contributed by atoms with Gasteiger partial charge in [0, 0.05) is 25.5 Å². The molecule has 0 radical (unpaired) electrons. The molecular weight excluding hydrogens is 330 g/mol. The van der Waals surface area contributed by atoms with Gasteiger partial charge in [0.25, 0.3) is 5.69 Å². The van der Waals surface area contributed by atoms with E-state index in [1.807, 2.05) is 0 Å².